The SMILES string of the molecule is Nn1cnn2c(NCC(=O)Cc3ccc(-c4nc5cc(NC(=O)CNc6nnc7n(N)cnn67)ccc5o4)cc3)nnc12. The molecule has 7 N–H and O–H groups in total. The van der Waals surface area contributed by atoms with Gasteiger partial charge in [0.15, 0.2) is 11.4 Å². The minimum absolute atomic E-state index is 0.0458. The summed E-state index contributed by atoms with van der Waals surface area (Å²) in [7, 11) is 0. The number of hydrogen-bond acceptors (Lipinski definition) is 14. The van der Waals surface area contributed by atoms with Crippen LogP contribution in [0.25, 0.3) is 34.1 Å². The van der Waals surface area contributed by atoms with Gasteiger partial charge in [-0.05, 0) is 35.9 Å². The van der Waals surface area contributed by atoms with Crippen LogP contribution in [0.4, 0.5) is 17.6 Å². The molecule has 19 nitrogen and oxygen atoms in total. The molecule has 43 heavy (non-hydrogen) atoms. The van der Waals surface area contributed by atoms with E-state index in [-0.39, 0.29) is 37.1 Å². The Morgan fingerprint density at radius 2 is 1.47 bits per heavy atom. The highest BCUT2D eigenvalue weighted by Gasteiger charge is 2.14. The summed E-state index contributed by atoms with van der Waals surface area (Å²) in [6.07, 6.45) is 2.98. The van der Waals surface area contributed by atoms with Gasteiger partial charge in [0, 0.05) is 17.7 Å². The van der Waals surface area contributed by atoms with E-state index < -0.39 is 0 Å². The lowest BCUT2D eigenvalue weighted by Crippen LogP contribution is -2.22. The van der Waals surface area contributed by atoms with Crippen molar-refractivity contribution in [2.24, 2.45) is 0 Å². The Hall–Kier alpha value is -6.53. The first-order chi connectivity index (χ1) is 20.9. The minimum atomic E-state index is -0.312. The number of nitrogens with zero attached hydrogens (tertiary/aromatic N) is 11. The molecule has 0 saturated heterocycles. The number of nitrogen functional groups attached to an aromatic ring is 2. The predicted molar refractivity (Wildman–Crippen MR) is 152 cm³/mol. The molecule has 0 saturated carbocycles. The Morgan fingerprint density at radius 3 is 2.14 bits per heavy atom. The van der Waals surface area contributed by atoms with Crippen LogP contribution in [0.1, 0.15) is 5.56 Å². The maximum Gasteiger partial charge on any atom is 0.273 e. The fourth-order valence-corrected chi connectivity index (χ4v) is 4.34. The molecule has 0 aliphatic carbocycles. The standard InChI is InChI=1S/C24H22N16O3/c25-37-11-29-39-21(33-35-23(37)39)27-9-16(41)7-13-1-3-14(4-2-13)20-32-17-8-15(5-6-18(17)43-20)31-19(42)10-28-22-34-36-24-38(26)12-30-40(22)24/h1-6,8,11-12H,7,9-10,25-26H2,(H,27,33)(H,28,34)(H,31,42). The Balaban J connectivity index is 0.951. The van der Waals surface area contributed by atoms with Crippen LogP contribution in [0, 0.1) is 0 Å². The third-order valence-electron chi connectivity index (χ3n) is 6.42. The highest BCUT2D eigenvalue weighted by Crippen LogP contribution is 2.26. The minimum Gasteiger partial charge on any atom is -0.436 e. The van der Waals surface area contributed by atoms with Crippen LogP contribution >= 0.6 is 0 Å². The number of hydrogen-bond donors (Lipinski definition) is 5. The van der Waals surface area contributed by atoms with Gasteiger partial charge >= 0.3 is 0 Å². The summed E-state index contributed by atoms with van der Waals surface area (Å²) in [6, 6.07) is 12.5. The van der Waals surface area contributed by atoms with Crippen molar-refractivity contribution >= 4 is 51.9 Å². The number of oxazole rings is 1. The summed E-state index contributed by atoms with van der Waals surface area (Å²) in [6.45, 7) is -0.0283. The van der Waals surface area contributed by atoms with Gasteiger partial charge in [-0.25, -0.2) is 14.3 Å². The van der Waals surface area contributed by atoms with Gasteiger partial charge in [0.2, 0.25) is 23.7 Å². The summed E-state index contributed by atoms with van der Waals surface area (Å²) in [5, 5.41) is 32.3. The zero-order valence-corrected chi connectivity index (χ0v) is 22.1. The van der Waals surface area contributed by atoms with Crippen molar-refractivity contribution in [3.05, 3.63) is 60.7 Å². The van der Waals surface area contributed by atoms with Gasteiger partial charge in [0.1, 0.15) is 18.2 Å². The van der Waals surface area contributed by atoms with Crippen molar-refractivity contribution in [2.75, 3.05) is 40.7 Å². The molecule has 0 radical (unpaired) electrons. The summed E-state index contributed by atoms with van der Waals surface area (Å²) in [5.74, 6) is 12.7. The fourth-order valence-electron chi connectivity index (χ4n) is 4.34. The second kappa shape index (κ2) is 10.1. The van der Waals surface area contributed by atoms with Crippen molar-refractivity contribution in [2.45, 2.75) is 6.42 Å². The molecule has 0 fully saturated rings. The molecule has 5 aromatic heterocycles. The van der Waals surface area contributed by atoms with Gasteiger partial charge in [-0.3, -0.25) is 9.59 Å². The number of rotatable bonds is 10. The van der Waals surface area contributed by atoms with E-state index in [1.807, 2.05) is 24.3 Å². The maximum absolute atomic E-state index is 12.5. The molecule has 2 aromatic carbocycles. The van der Waals surface area contributed by atoms with Crippen molar-refractivity contribution in [1.82, 2.24) is 54.0 Å². The smallest absolute Gasteiger partial charge is 0.273 e. The molecular weight excluding hydrogens is 560 g/mol. The summed E-state index contributed by atoms with van der Waals surface area (Å²) < 4.78 is 11.1. The lowest BCUT2D eigenvalue weighted by molar-refractivity contribution is -0.117. The molecule has 0 aliphatic rings. The van der Waals surface area contributed by atoms with Gasteiger partial charge in [-0.15, -0.1) is 20.4 Å². The predicted octanol–water partition coefficient (Wildman–Crippen LogP) is -0.325. The molecule has 7 rings (SSSR count). The highest BCUT2D eigenvalue weighted by atomic mass is 16.3. The zero-order valence-electron chi connectivity index (χ0n) is 22.1. The van der Waals surface area contributed by atoms with Crippen LogP contribution in [-0.2, 0) is 16.0 Å². The van der Waals surface area contributed by atoms with Crippen LogP contribution in [-0.4, -0.2) is 78.7 Å². The number of Topliss-reactive ketones (excluding diaryl/α,β-unsaturated/α-hetero) is 1. The largest absolute Gasteiger partial charge is 0.436 e. The van der Waals surface area contributed by atoms with E-state index in [0.29, 0.717) is 40.2 Å². The monoisotopic (exact) mass is 582 g/mol. The first-order valence-corrected chi connectivity index (χ1v) is 12.8. The van der Waals surface area contributed by atoms with Gasteiger partial charge in [-0.1, -0.05) is 12.1 Å². The number of ketones is 1. The van der Waals surface area contributed by atoms with E-state index in [9.17, 15) is 9.59 Å². The average Bonchev–Trinajstić information content (AvgIpc) is 3.82. The van der Waals surface area contributed by atoms with Crippen molar-refractivity contribution in [3.8, 4) is 11.5 Å². The first-order valence-electron chi connectivity index (χ1n) is 12.8. The van der Waals surface area contributed by atoms with Crippen LogP contribution in [0.15, 0.2) is 59.5 Å². The fraction of sp³-hybridized carbons (Fsp3) is 0.125. The van der Waals surface area contributed by atoms with Crippen molar-refractivity contribution in [1.29, 1.82) is 0 Å². The van der Waals surface area contributed by atoms with E-state index in [1.165, 1.54) is 31.0 Å². The first kappa shape index (κ1) is 25.4. The topological polar surface area (TPSA) is 244 Å². The Morgan fingerprint density at radius 1 is 0.814 bits per heavy atom. The maximum atomic E-state index is 12.5. The molecule has 0 aliphatic heterocycles. The van der Waals surface area contributed by atoms with Crippen LogP contribution in [0.2, 0.25) is 0 Å². The summed E-state index contributed by atoms with van der Waals surface area (Å²) in [4.78, 5) is 29.6. The normalized spacial score (nSPS) is 11.4. The molecule has 1 amide bonds. The third kappa shape index (κ3) is 4.85. The average molecular weight is 583 g/mol. The molecule has 5 heterocycles. The second-order valence-electron chi connectivity index (χ2n) is 9.42. The number of nitrogens with one attached hydrogen (secondary N) is 3. The van der Waals surface area contributed by atoms with Gasteiger partial charge in [0.25, 0.3) is 11.6 Å². The highest BCUT2D eigenvalue weighted by molar-refractivity contribution is 5.95. The number of amides is 1. The third-order valence-corrected chi connectivity index (χ3v) is 6.42. The van der Waals surface area contributed by atoms with E-state index in [1.54, 1.807) is 18.2 Å². The second-order valence-corrected chi connectivity index (χ2v) is 9.42. The molecule has 0 unspecified atom stereocenters. The number of anilines is 3. The molecule has 0 bridgehead atoms. The molecule has 0 spiro atoms. The molecule has 7 aromatic rings. The zero-order chi connectivity index (χ0) is 29.5. The molecular formula is C24H22N16O3. The van der Waals surface area contributed by atoms with Crippen LogP contribution in [0.3, 0.4) is 0 Å². The van der Waals surface area contributed by atoms with Gasteiger partial charge in [-0.2, -0.15) is 19.2 Å². The quantitative estimate of drug-likeness (QED) is 0.130. The molecule has 0 atom stereocenters. The number of benzene rings is 2. The van der Waals surface area contributed by atoms with E-state index in [4.69, 9.17) is 16.1 Å². The van der Waals surface area contributed by atoms with Crippen LogP contribution in [0.5, 0.6) is 0 Å². The number of carbonyl (C=O) groups is 2. The Labute approximate surface area is 239 Å². The van der Waals surface area contributed by atoms with Gasteiger partial charge in [0.05, 0.1) is 13.1 Å². The van der Waals surface area contributed by atoms with Gasteiger partial charge < -0.3 is 32.1 Å². The Bertz CT molecular complexity index is 2110. The van der Waals surface area contributed by atoms with Crippen molar-refractivity contribution < 1.29 is 14.0 Å². The van der Waals surface area contributed by atoms with Crippen LogP contribution < -0.4 is 27.6 Å². The van der Waals surface area contributed by atoms with Crippen molar-refractivity contribution in [3.63, 3.8) is 0 Å². The number of carbonyl (C=O) groups excluding carboxylic acids is 2. The number of aromatic nitrogens is 11. The number of nitrogens with two attached hydrogens (primary N) is 2. The number of fused-ring (bicyclic) bond motifs is 3. The molecule has 19 heteroatoms. The molecule has 216 valence electrons. The lowest BCUT2D eigenvalue weighted by atomic mass is 10.1. The lowest BCUT2D eigenvalue weighted by Gasteiger charge is -2.05. The Kier molecular flexibility index (Phi) is 6.00. The summed E-state index contributed by atoms with van der Waals surface area (Å²) in [5.41, 5.74) is 3.24. The summed E-state index contributed by atoms with van der Waals surface area (Å²) >= 11 is 0. The van der Waals surface area contributed by atoms with E-state index in [0.717, 1.165) is 11.1 Å². The van der Waals surface area contributed by atoms with E-state index in [2.05, 4.69) is 51.5 Å². The van der Waals surface area contributed by atoms with E-state index >= 15 is 0 Å².